The quantitative estimate of drug-likeness (QED) is 0.231. The molecule has 0 bridgehead atoms. The summed E-state index contributed by atoms with van der Waals surface area (Å²) >= 11 is 1.87. The highest BCUT2D eigenvalue weighted by atomic mass is 32.1. The van der Waals surface area contributed by atoms with Crippen molar-refractivity contribution in [1.82, 2.24) is 0 Å². The monoisotopic (exact) mass is 517 g/mol. The van der Waals surface area contributed by atoms with E-state index >= 15 is 0 Å². The molecule has 8 rings (SSSR count). The molecule has 0 spiro atoms. The van der Waals surface area contributed by atoms with E-state index in [1.165, 1.54) is 31.3 Å². The van der Waals surface area contributed by atoms with Gasteiger partial charge >= 0.3 is 0 Å². The number of furan rings is 1. The lowest BCUT2D eigenvalue weighted by atomic mass is 9.99. The third-order valence-electron chi connectivity index (χ3n) is 7.48. The van der Waals surface area contributed by atoms with Gasteiger partial charge in [0, 0.05) is 42.4 Å². The zero-order valence-electron chi connectivity index (χ0n) is 21.0. The molecule has 184 valence electrons. The predicted molar refractivity (Wildman–Crippen MR) is 167 cm³/mol. The second-order valence-electron chi connectivity index (χ2n) is 9.72. The SMILES string of the molecule is c1ccc(N(c2ccccc2-c2cccc3c2sc2ccccc23)c2cccc3oc4ccccc4c23)cc1. The number of benzene rings is 6. The number of fused-ring (bicyclic) bond motifs is 6. The third kappa shape index (κ3) is 3.48. The summed E-state index contributed by atoms with van der Waals surface area (Å²) < 4.78 is 8.92. The maximum atomic E-state index is 6.30. The average Bonchev–Trinajstić information content (AvgIpc) is 3.57. The Morgan fingerprint density at radius 1 is 0.462 bits per heavy atom. The van der Waals surface area contributed by atoms with Gasteiger partial charge in [-0.25, -0.2) is 0 Å². The lowest BCUT2D eigenvalue weighted by Crippen LogP contribution is -2.11. The molecule has 0 atom stereocenters. The Labute approximate surface area is 230 Å². The van der Waals surface area contributed by atoms with Crippen LogP contribution >= 0.6 is 11.3 Å². The highest BCUT2D eigenvalue weighted by Gasteiger charge is 2.22. The van der Waals surface area contributed by atoms with Crippen molar-refractivity contribution < 1.29 is 4.42 Å². The molecule has 0 radical (unpaired) electrons. The summed E-state index contributed by atoms with van der Waals surface area (Å²) in [6.45, 7) is 0. The Hall–Kier alpha value is -4.86. The third-order valence-corrected chi connectivity index (χ3v) is 8.70. The van der Waals surface area contributed by atoms with Crippen LogP contribution in [0.1, 0.15) is 0 Å². The highest BCUT2D eigenvalue weighted by Crippen LogP contribution is 2.48. The number of anilines is 3. The molecule has 3 heteroatoms. The standard InChI is InChI=1S/C36H23NOS/c1-2-12-24(13-3-1)37(31-20-11-22-33-35(31)29-16-5-8-21-32(29)38-33)30-19-7-4-14-25(30)27-17-10-18-28-26-15-6-9-23-34(26)39-36(27)28/h1-23H. The molecule has 8 aromatic rings. The minimum absolute atomic E-state index is 0.888. The molecule has 0 unspecified atom stereocenters. The van der Waals surface area contributed by atoms with Crippen LogP contribution in [0.5, 0.6) is 0 Å². The van der Waals surface area contributed by atoms with Gasteiger partial charge in [0.2, 0.25) is 0 Å². The van der Waals surface area contributed by atoms with Gasteiger partial charge in [0.05, 0.1) is 16.8 Å². The van der Waals surface area contributed by atoms with Gasteiger partial charge in [0.1, 0.15) is 11.2 Å². The van der Waals surface area contributed by atoms with Crippen LogP contribution in [0.3, 0.4) is 0 Å². The van der Waals surface area contributed by atoms with Gasteiger partial charge in [-0.15, -0.1) is 11.3 Å². The van der Waals surface area contributed by atoms with Gasteiger partial charge in [-0.2, -0.15) is 0 Å². The van der Waals surface area contributed by atoms with Crippen molar-refractivity contribution >= 4 is 70.5 Å². The summed E-state index contributed by atoms with van der Waals surface area (Å²) in [7, 11) is 0. The van der Waals surface area contributed by atoms with E-state index in [1.54, 1.807) is 0 Å². The molecule has 0 aliphatic heterocycles. The number of para-hydroxylation sites is 3. The first kappa shape index (κ1) is 22.2. The molecule has 0 aliphatic rings. The van der Waals surface area contributed by atoms with Crippen molar-refractivity contribution in [1.29, 1.82) is 0 Å². The van der Waals surface area contributed by atoms with Crippen LogP contribution in [-0.4, -0.2) is 0 Å². The van der Waals surface area contributed by atoms with Crippen molar-refractivity contribution in [3.8, 4) is 11.1 Å². The van der Waals surface area contributed by atoms with Gasteiger partial charge in [-0.1, -0.05) is 97.1 Å². The summed E-state index contributed by atoms with van der Waals surface area (Å²) in [5.41, 5.74) is 7.56. The number of thiophene rings is 1. The highest BCUT2D eigenvalue weighted by molar-refractivity contribution is 7.26. The van der Waals surface area contributed by atoms with Crippen LogP contribution < -0.4 is 4.90 Å². The first-order chi connectivity index (χ1) is 19.4. The van der Waals surface area contributed by atoms with E-state index in [0.717, 1.165) is 39.0 Å². The molecule has 2 nitrogen and oxygen atoms in total. The maximum absolute atomic E-state index is 6.30. The van der Waals surface area contributed by atoms with Crippen molar-refractivity contribution in [2.24, 2.45) is 0 Å². The molecule has 0 amide bonds. The Morgan fingerprint density at radius 3 is 2.03 bits per heavy atom. The van der Waals surface area contributed by atoms with E-state index in [9.17, 15) is 0 Å². The molecule has 0 saturated carbocycles. The first-order valence-corrected chi connectivity index (χ1v) is 13.9. The topological polar surface area (TPSA) is 16.4 Å². The molecular weight excluding hydrogens is 494 g/mol. The zero-order chi connectivity index (χ0) is 25.8. The number of rotatable bonds is 4. The van der Waals surface area contributed by atoms with E-state index < -0.39 is 0 Å². The first-order valence-electron chi connectivity index (χ1n) is 13.1. The molecule has 0 N–H and O–H groups in total. The van der Waals surface area contributed by atoms with Gasteiger partial charge in [0.15, 0.2) is 0 Å². The van der Waals surface area contributed by atoms with Crippen molar-refractivity contribution in [2.75, 3.05) is 4.90 Å². The predicted octanol–water partition coefficient (Wildman–Crippen LogP) is 11.1. The second-order valence-corrected chi connectivity index (χ2v) is 10.8. The summed E-state index contributed by atoms with van der Waals surface area (Å²) in [6.07, 6.45) is 0. The smallest absolute Gasteiger partial charge is 0.137 e. The van der Waals surface area contributed by atoms with E-state index in [1.807, 2.05) is 23.5 Å². The molecular formula is C36H23NOS. The largest absolute Gasteiger partial charge is 0.456 e. The molecule has 0 saturated heterocycles. The summed E-state index contributed by atoms with van der Waals surface area (Å²) in [6, 6.07) is 49.4. The molecule has 0 aliphatic carbocycles. The molecule has 39 heavy (non-hydrogen) atoms. The second kappa shape index (κ2) is 8.87. The fourth-order valence-electron chi connectivity index (χ4n) is 5.78. The van der Waals surface area contributed by atoms with Crippen molar-refractivity contribution in [3.05, 3.63) is 140 Å². The minimum atomic E-state index is 0.888. The minimum Gasteiger partial charge on any atom is -0.456 e. The molecule has 0 fully saturated rings. The van der Waals surface area contributed by atoms with Gasteiger partial charge in [0.25, 0.3) is 0 Å². The Morgan fingerprint density at radius 2 is 1.10 bits per heavy atom. The van der Waals surface area contributed by atoms with Crippen LogP contribution in [0.2, 0.25) is 0 Å². The van der Waals surface area contributed by atoms with Crippen LogP contribution in [-0.2, 0) is 0 Å². The maximum Gasteiger partial charge on any atom is 0.137 e. The number of hydrogen-bond acceptors (Lipinski definition) is 3. The summed E-state index contributed by atoms with van der Waals surface area (Å²) in [4.78, 5) is 2.38. The van der Waals surface area contributed by atoms with E-state index in [4.69, 9.17) is 4.42 Å². The Kier molecular flexibility index (Phi) is 5.04. The molecule has 2 aromatic heterocycles. The number of hydrogen-bond donors (Lipinski definition) is 0. The van der Waals surface area contributed by atoms with Crippen molar-refractivity contribution in [2.45, 2.75) is 0 Å². The van der Waals surface area contributed by atoms with E-state index in [-0.39, 0.29) is 0 Å². The normalized spacial score (nSPS) is 11.6. The van der Waals surface area contributed by atoms with E-state index in [0.29, 0.717) is 0 Å². The van der Waals surface area contributed by atoms with Crippen LogP contribution in [0, 0.1) is 0 Å². The Bertz CT molecular complexity index is 2140. The number of nitrogens with zero attached hydrogens (tertiary/aromatic N) is 1. The lowest BCUT2D eigenvalue weighted by molar-refractivity contribution is 0.669. The summed E-state index contributed by atoms with van der Waals surface area (Å²) in [5.74, 6) is 0. The van der Waals surface area contributed by atoms with Gasteiger partial charge < -0.3 is 9.32 Å². The van der Waals surface area contributed by atoms with Crippen LogP contribution in [0.15, 0.2) is 144 Å². The van der Waals surface area contributed by atoms with Crippen LogP contribution in [0.25, 0.3) is 53.2 Å². The lowest BCUT2D eigenvalue weighted by Gasteiger charge is -2.28. The van der Waals surface area contributed by atoms with E-state index in [2.05, 4.69) is 132 Å². The molecule has 2 heterocycles. The van der Waals surface area contributed by atoms with Crippen LogP contribution in [0.4, 0.5) is 17.1 Å². The fourth-order valence-corrected chi connectivity index (χ4v) is 7.01. The summed E-state index contributed by atoms with van der Waals surface area (Å²) in [5, 5.41) is 4.85. The fraction of sp³-hybridized carbons (Fsp3) is 0. The van der Waals surface area contributed by atoms with Crippen molar-refractivity contribution in [3.63, 3.8) is 0 Å². The zero-order valence-corrected chi connectivity index (χ0v) is 21.9. The van der Waals surface area contributed by atoms with Gasteiger partial charge in [-0.05, 0) is 42.5 Å². The Balaban J connectivity index is 1.44. The molecule has 6 aromatic carbocycles. The van der Waals surface area contributed by atoms with Gasteiger partial charge in [-0.3, -0.25) is 0 Å². The average molecular weight is 518 g/mol.